The zero-order chi connectivity index (χ0) is 14.8. The average Bonchev–Trinajstić information content (AvgIpc) is 3.34. The van der Waals surface area contributed by atoms with Crippen LogP contribution in [0.15, 0.2) is 47.3 Å². The molecule has 1 aliphatic rings. The fraction of sp³-hybridized carbons (Fsp3) is 0.312. The maximum atomic E-state index is 12.3. The minimum Gasteiger partial charge on any atom is -0.314 e. The number of anilines is 1. The van der Waals surface area contributed by atoms with E-state index in [1.807, 2.05) is 30.3 Å². The van der Waals surface area contributed by atoms with E-state index in [1.54, 1.807) is 13.1 Å². The molecular formula is C16H17N3O2. The predicted molar refractivity (Wildman–Crippen MR) is 80.3 cm³/mol. The van der Waals surface area contributed by atoms with Gasteiger partial charge in [0.1, 0.15) is 6.54 Å². The molecule has 3 rings (SSSR count). The van der Waals surface area contributed by atoms with E-state index in [-0.39, 0.29) is 18.0 Å². The summed E-state index contributed by atoms with van der Waals surface area (Å²) in [6.07, 6.45) is 2.23. The third-order valence-electron chi connectivity index (χ3n) is 3.69. The van der Waals surface area contributed by atoms with Crippen LogP contribution in [0, 0.1) is 0 Å². The van der Waals surface area contributed by atoms with E-state index in [2.05, 4.69) is 5.10 Å². The highest BCUT2D eigenvalue weighted by Crippen LogP contribution is 2.38. The SMILES string of the molecule is CN(C(=O)Cn1nc(C2CC2)ccc1=O)c1ccccc1. The molecule has 108 valence electrons. The molecular weight excluding hydrogens is 266 g/mol. The predicted octanol–water partition coefficient (Wildman–Crippen LogP) is 1.78. The molecule has 0 bridgehead atoms. The monoisotopic (exact) mass is 283 g/mol. The van der Waals surface area contributed by atoms with Crippen molar-refractivity contribution in [2.45, 2.75) is 25.3 Å². The van der Waals surface area contributed by atoms with Gasteiger partial charge in [0.15, 0.2) is 0 Å². The highest BCUT2D eigenvalue weighted by molar-refractivity contribution is 5.92. The number of likely N-dealkylation sites (N-methyl/N-ethyl adjacent to an activating group) is 1. The Balaban J connectivity index is 1.78. The van der Waals surface area contributed by atoms with Crippen LogP contribution >= 0.6 is 0 Å². The van der Waals surface area contributed by atoms with Crippen LogP contribution in [-0.4, -0.2) is 22.7 Å². The van der Waals surface area contributed by atoms with Crippen LogP contribution in [-0.2, 0) is 11.3 Å². The van der Waals surface area contributed by atoms with Crippen LogP contribution in [0.1, 0.15) is 24.5 Å². The molecule has 1 fully saturated rings. The first-order valence-corrected chi connectivity index (χ1v) is 7.05. The standard InChI is InChI=1S/C16H17N3O2/c1-18(13-5-3-2-4-6-13)16(21)11-19-15(20)10-9-14(17-19)12-7-8-12/h2-6,9-10,12H,7-8,11H2,1H3. The van der Waals surface area contributed by atoms with Crippen LogP contribution in [0.5, 0.6) is 0 Å². The largest absolute Gasteiger partial charge is 0.314 e. The van der Waals surface area contributed by atoms with Gasteiger partial charge in [-0.2, -0.15) is 5.10 Å². The number of para-hydroxylation sites is 1. The van der Waals surface area contributed by atoms with Crippen molar-refractivity contribution >= 4 is 11.6 Å². The van der Waals surface area contributed by atoms with Crippen LogP contribution in [0.3, 0.4) is 0 Å². The first-order valence-electron chi connectivity index (χ1n) is 7.05. The molecule has 0 saturated heterocycles. The van der Waals surface area contributed by atoms with E-state index in [0.29, 0.717) is 5.92 Å². The van der Waals surface area contributed by atoms with Crippen LogP contribution in [0.2, 0.25) is 0 Å². The molecule has 0 unspecified atom stereocenters. The van der Waals surface area contributed by atoms with E-state index in [4.69, 9.17) is 0 Å². The smallest absolute Gasteiger partial charge is 0.267 e. The molecule has 0 aliphatic heterocycles. The fourth-order valence-corrected chi connectivity index (χ4v) is 2.20. The van der Waals surface area contributed by atoms with Crippen molar-refractivity contribution in [3.05, 3.63) is 58.5 Å². The molecule has 21 heavy (non-hydrogen) atoms. The lowest BCUT2D eigenvalue weighted by atomic mass is 10.3. The second-order valence-corrected chi connectivity index (χ2v) is 5.32. The van der Waals surface area contributed by atoms with Crippen molar-refractivity contribution in [3.63, 3.8) is 0 Å². The van der Waals surface area contributed by atoms with Crippen molar-refractivity contribution < 1.29 is 4.79 Å². The van der Waals surface area contributed by atoms with Crippen molar-refractivity contribution in [2.75, 3.05) is 11.9 Å². The molecule has 0 spiro atoms. The highest BCUT2D eigenvalue weighted by Gasteiger charge is 2.25. The molecule has 5 nitrogen and oxygen atoms in total. The van der Waals surface area contributed by atoms with Crippen molar-refractivity contribution in [1.82, 2.24) is 9.78 Å². The molecule has 1 amide bonds. The Bertz CT molecular complexity index is 705. The lowest BCUT2D eigenvalue weighted by Crippen LogP contribution is -2.35. The molecule has 1 aromatic heterocycles. The van der Waals surface area contributed by atoms with E-state index in [1.165, 1.54) is 15.6 Å². The lowest BCUT2D eigenvalue weighted by Gasteiger charge is -2.17. The van der Waals surface area contributed by atoms with Gasteiger partial charge in [0.25, 0.3) is 5.56 Å². The summed E-state index contributed by atoms with van der Waals surface area (Å²) in [4.78, 5) is 25.7. The van der Waals surface area contributed by atoms with Crippen molar-refractivity contribution in [3.8, 4) is 0 Å². The molecule has 1 aromatic carbocycles. The topological polar surface area (TPSA) is 55.2 Å². The highest BCUT2D eigenvalue weighted by atomic mass is 16.2. The molecule has 0 atom stereocenters. The Morgan fingerprint density at radius 2 is 1.95 bits per heavy atom. The Hall–Kier alpha value is -2.43. The minimum absolute atomic E-state index is 0.0369. The number of benzene rings is 1. The second-order valence-electron chi connectivity index (χ2n) is 5.32. The lowest BCUT2D eigenvalue weighted by molar-refractivity contribution is -0.119. The molecule has 0 N–H and O–H groups in total. The van der Waals surface area contributed by atoms with E-state index in [0.717, 1.165) is 24.2 Å². The van der Waals surface area contributed by atoms with Crippen LogP contribution in [0.25, 0.3) is 0 Å². The zero-order valence-electron chi connectivity index (χ0n) is 11.9. The normalized spacial score (nSPS) is 14.0. The van der Waals surface area contributed by atoms with Gasteiger partial charge in [0.05, 0.1) is 5.69 Å². The number of rotatable bonds is 4. The maximum absolute atomic E-state index is 12.3. The summed E-state index contributed by atoms with van der Waals surface area (Å²) in [7, 11) is 1.70. The number of carbonyl (C=O) groups is 1. The van der Waals surface area contributed by atoms with Gasteiger partial charge >= 0.3 is 0 Å². The molecule has 1 saturated carbocycles. The number of aromatic nitrogens is 2. The molecule has 1 heterocycles. The van der Waals surface area contributed by atoms with Gasteiger partial charge in [-0.1, -0.05) is 18.2 Å². The third-order valence-corrected chi connectivity index (χ3v) is 3.69. The Morgan fingerprint density at radius 3 is 2.62 bits per heavy atom. The zero-order valence-corrected chi connectivity index (χ0v) is 11.9. The molecule has 5 heteroatoms. The second kappa shape index (κ2) is 5.52. The molecule has 0 radical (unpaired) electrons. The van der Waals surface area contributed by atoms with Gasteiger partial charge in [-0.05, 0) is 31.0 Å². The third kappa shape index (κ3) is 3.02. The first-order chi connectivity index (χ1) is 10.1. The van der Waals surface area contributed by atoms with Gasteiger partial charge in [0, 0.05) is 24.7 Å². The van der Waals surface area contributed by atoms with E-state index in [9.17, 15) is 9.59 Å². The summed E-state index contributed by atoms with van der Waals surface area (Å²) in [5.74, 6) is 0.294. The van der Waals surface area contributed by atoms with Crippen LogP contribution < -0.4 is 10.5 Å². The summed E-state index contributed by atoms with van der Waals surface area (Å²) in [6, 6.07) is 12.6. The summed E-state index contributed by atoms with van der Waals surface area (Å²) >= 11 is 0. The Morgan fingerprint density at radius 1 is 1.24 bits per heavy atom. The van der Waals surface area contributed by atoms with E-state index < -0.39 is 0 Å². The summed E-state index contributed by atoms with van der Waals surface area (Å²) < 4.78 is 1.26. The van der Waals surface area contributed by atoms with Gasteiger partial charge in [-0.25, -0.2) is 4.68 Å². The Kier molecular flexibility index (Phi) is 3.56. The van der Waals surface area contributed by atoms with Crippen LogP contribution in [0.4, 0.5) is 5.69 Å². The van der Waals surface area contributed by atoms with Crippen molar-refractivity contribution in [2.24, 2.45) is 0 Å². The Labute approximate surface area is 122 Å². The fourth-order valence-electron chi connectivity index (χ4n) is 2.20. The summed E-state index contributed by atoms with van der Waals surface area (Å²) in [5.41, 5.74) is 1.47. The van der Waals surface area contributed by atoms with Gasteiger partial charge in [0.2, 0.25) is 5.91 Å². The van der Waals surface area contributed by atoms with E-state index >= 15 is 0 Å². The average molecular weight is 283 g/mol. The van der Waals surface area contributed by atoms with Gasteiger partial charge < -0.3 is 4.90 Å². The summed E-state index contributed by atoms with van der Waals surface area (Å²) in [6.45, 7) is -0.0369. The molecule has 2 aromatic rings. The van der Waals surface area contributed by atoms with Gasteiger partial charge in [-0.15, -0.1) is 0 Å². The number of carbonyl (C=O) groups excluding carboxylic acids is 1. The van der Waals surface area contributed by atoms with Gasteiger partial charge in [-0.3, -0.25) is 9.59 Å². The van der Waals surface area contributed by atoms with Crippen molar-refractivity contribution in [1.29, 1.82) is 0 Å². The molecule has 1 aliphatic carbocycles. The summed E-state index contributed by atoms with van der Waals surface area (Å²) in [5, 5.41) is 4.31. The minimum atomic E-state index is -0.241. The number of amides is 1. The number of nitrogens with zero attached hydrogens (tertiary/aromatic N) is 3. The number of hydrogen-bond donors (Lipinski definition) is 0. The quantitative estimate of drug-likeness (QED) is 0.859. The number of hydrogen-bond acceptors (Lipinski definition) is 3. The maximum Gasteiger partial charge on any atom is 0.267 e. The first kappa shape index (κ1) is 13.5.